The number of aryl methyl sites for hydroxylation is 1. The molecule has 0 amide bonds. The van der Waals surface area contributed by atoms with E-state index in [9.17, 15) is 31.5 Å². The number of hydrogen-bond acceptors (Lipinski definition) is 3. The Labute approximate surface area is 219 Å². The van der Waals surface area contributed by atoms with Crippen LogP contribution in [-0.4, -0.2) is 17.6 Å². The van der Waals surface area contributed by atoms with Crippen LogP contribution in [0.1, 0.15) is 116 Å². The number of ketones is 2. The molecule has 0 spiro atoms. The zero-order chi connectivity index (χ0) is 29.0. The van der Waals surface area contributed by atoms with E-state index >= 15 is 0 Å². The van der Waals surface area contributed by atoms with Gasteiger partial charge in [0.05, 0.1) is 5.56 Å². The maximum atomic E-state index is 12.8. The second-order valence-electron chi connectivity index (χ2n) is 10.8. The molecule has 214 valence electrons. The molecule has 1 fully saturated rings. The Morgan fingerprint density at radius 3 is 1.73 bits per heavy atom. The van der Waals surface area contributed by atoms with Crippen LogP contribution in [0.2, 0.25) is 0 Å². The number of alkyl halides is 5. The first kappa shape index (κ1) is 35.2. The fourth-order valence-electron chi connectivity index (χ4n) is 4.97. The van der Waals surface area contributed by atoms with E-state index in [1.54, 1.807) is 13.8 Å². The minimum absolute atomic E-state index is 0.145. The zero-order valence-corrected chi connectivity index (χ0v) is 23.5. The number of Topliss-reactive ketones (excluding diaryl/α,β-unsaturated/α-hetero) is 2. The summed E-state index contributed by atoms with van der Waals surface area (Å²) in [6, 6.07) is 2.52. The molecule has 8 heteroatoms. The molecule has 2 rings (SSSR count). The van der Waals surface area contributed by atoms with Gasteiger partial charge in [-0.05, 0) is 64.0 Å². The molecule has 2 atom stereocenters. The lowest BCUT2D eigenvalue weighted by molar-refractivity contribution is -0.137. The van der Waals surface area contributed by atoms with Gasteiger partial charge in [-0.3, -0.25) is 4.79 Å². The van der Waals surface area contributed by atoms with E-state index < -0.39 is 23.2 Å². The first-order valence-electron chi connectivity index (χ1n) is 13.2. The molecular formula is C29H46F5NO2. The highest BCUT2D eigenvalue weighted by atomic mass is 19.4. The molecule has 1 unspecified atom stereocenters. The molecule has 3 nitrogen and oxygen atoms in total. The van der Waals surface area contributed by atoms with E-state index in [-0.39, 0.29) is 28.7 Å². The van der Waals surface area contributed by atoms with Gasteiger partial charge in [-0.15, -0.1) is 0 Å². The summed E-state index contributed by atoms with van der Waals surface area (Å²) in [4.78, 5) is 21.9. The molecule has 0 radical (unpaired) electrons. The number of halogens is 5. The van der Waals surface area contributed by atoms with Gasteiger partial charge in [0.15, 0.2) is 0 Å². The highest BCUT2D eigenvalue weighted by Gasteiger charge is 2.34. The topological polar surface area (TPSA) is 60.2 Å². The smallest absolute Gasteiger partial charge is 0.327 e. The quantitative estimate of drug-likeness (QED) is 0.338. The van der Waals surface area contributed by atoms with Gasteiger partial charge < -0.3 is 10.5 Å². The Morgan fingerprint density at radius 1 is 0.892 bits per heavy atom. The van der Waals surface area contributed by atoms with Gasteiger partial charge in [-0.1, -0.05) is 58.1 Å². The van der Waals surface area contributed by atoms with Crippen LogP contribution in [0.3, 0.4) is 0 Å². The van der Waals surface area contributed by atoms with Crippen LogP contribution < -0.4 is 5.73 Å². The summed E-state index contributed by atoms with van der Waals surface area (Å²) < 4.78 is 62.5. The molecule has 1 aromatic carbocycles. The summed E-state index contributed by atoms with van der Waals surface area (Å²) in [5.74, 6) is -2.49. The third-order valence-electron chi connectivity index (χ3n) is 6.64. The predicted octanol–water partition coefficient (Wildman–Crippen LogP) is 8.79. The second-order valence-corrected chi connectivity index (χ2v) is 10.8. The lowest BCUT2D eigenvalue weighted by atomic mass is 9.77. The summed E-state index contributed by atoms with van der Waals surface area (Å²) in [5, 5.41) is 0. The van der Waals surface area contributed by atoms with Crippen LogP contribution in [0, 0.1) is 18.3 Å². The minimum atomic E-state index is -4.59. The van der Waals surface area contributed by atoms with E-state index in [0.717, 1.165) is 31.4 Å². The Kier molecular flexibility index (Phi) is 14.8. The molecule has 2 N–H and O–H groups in total. The highest BCUT2D eigenvalue weighted by molar-refractivity contribution is 5.79. The van der Waals surface area contributed by atoms with Crippen molar-refractivity contribution in [1.29, 1.82) is 0 Å². The molecule has 1 aliphatic carbocycles. The van der Waals surface area contributed by atoms with Crippen LogP contribution >= 0.6 is 0 Å². The van der Waals surface area contributed by atoms with Gasteiger partial charge in [-0.2, -0.15) is 13.2 Å². The number of carbonyl (C=O) groups is 2. The molecular weight excluding hydrogens is 489 g/mol. The van der Waals surface area contributed by atoms with Gasteiger partial charge in [0.25, 0.3) is 5.92 Å². The molecule has 0 bridgehead atoms. The zero-order valence-electron chi connectivity index (χ0n) is 23.5. The van der Waals surface area contributed by atoms with Gasteiger partial charge in [-0.25, -0.2) is 8.78 Å². The standard InChI is InChI=1S/C11H22O.C10H9F5.C8H15NO/c1-5-7-11(4,8-6-2)9-10(3)12;1-6-3-7(9(2,11)12)5-8(4-6)10(13,14)15;1-6(10)7-4-2-3-5-8(7)9/h5-9H2,1-4H3;3-5H,1-2H3;7-8H,2-5,9H2,1H3/t;;7?,8-/m..0/s1. The van der Waals surface area contributed by atoms with Gasteiger partial charge in [0.1, 0.15) is 11.6 Å². The number of carbonyl (C=O) groups excluding carboxylic acids is 2. The van der Waals surface area contributed by atoms with E-state index in [1.165, 1.54) is 45.4 Å². The van der Waals surface area contributed by atoms with Crippen LogP contribution in [-0.2, 0) is 21.7 Å². The SMILES string of the molecule is CC(=O)C1CCCC[C@@H]1N.CCCC(C)(CCC)CC(C)=O.Cc1cc(C(C)(F)F)cc(C(F)(F)F)c1. The highest BCUT2D eigenvalue weighted by Crippen LogP contribution is 2.35. The Balaban J connectivity index is 0.000000537. The fourth-order valence-corrected chi connectivity index (χ4v) is 4.97. The van der Waals surface area contributed by atoms with E-state index in [0.29, 0.717) is 18.8 Å². The Bertz CT molecular complexity index is 807. The van der Waals surface area contributed by atoms with Crippen molar-refractivity contribution in [2.24, 2.45) is 17.1 Å². The van der Waals surface area contributed by atoms with E-state index in [2.05, 4.69) is 20.8 Å². The van der Waals surface area contributed by atoms with Gasteiger partial charge >= 0.3 is 6.18 Å². The molecule has 0 aromatic heterocycles. The van der Waals surface area contributed by atoms with Crippen molar-refractivity contribution in [3.05, 3.63) is 34.9 Å². The Morgan fingerprint density at radius 2 is 1.38 bits per heavy atom. The van der Waals surface area contributed by atoms with Crippen LogP contribution in [0.25, 0.3) is 0 Å². The lowest BCUT2D eigenvalue weighted by Crippen LogP contribution is -2.36. The summed E-state index contributed by atoms with van der Waals surface area (Å²) >= 11 is 0. The van der Waals surface area contributed by atoms with Crippen molar-refractivity contribution in [2.45, 2.75) is 124 Å². The third kappa shape index (κ3) is 14.0. The summed E-state index contributed by atoms with van der Waals surface area (Å²) in [5.41, 5.74) is 4.54. The summed E-state index contributed by atoms with van der Waals surface area (Å²) in [7, 11) is 0. The molecule has 1 aliphatic rings. The lowest BCUT2D eigenvalue weighted by Gasteiger charge is -2.27. The minimum Gasteiger partial charge on any atom is -0.327 e. The second kappa shape index (κ2) is 15.6. The number of benzene rings is 1. The molecule has 0 saturated heterocycles. The van der Waals surface area contributed by atoms with Crippen LogP contribution in [0.4, 0.5) is 22.0 Å². The fraction of sp³-hybridized carbons (Fsp3) is 0.724. The van der Waals surface area contributed by atoms with Crippen molar-refractivity contribution in [2.75, 3.05) is 0 Å². The largest absolute Gasteiger partial charge is 0.416 e. The molecule has 0 aliphatic heterocycles. The van der Waals surface area contributed by atoms with Crippen molar-refractivity contribution < 1.29 is 31.5 Å². The number of rotatable bonds is 8. The Hall–Kier alpha value is -1.83. The first-order chi connectivity index (χ1) is 16.9. The molecule has 1 saturated carbocycles. The average Bonchev–Trinajstić information content (AvgIpc) is 2.73. The monoisotopic (exact) mass is 535 g/mol. The van der Waals surface area contributed by atoms with E-state index in [1.807, 2.05) is 0 Å². The van der Waals surface area contributed by atoms with Crippen molar-refractivity contribution in [3.8, 4) is 0 Å². The normalized spacial score (nSPS) is 18.2. The molecule has 1 aromatic rings. The molecule has 37 heavy (non-hydrogen) atoms. The van der Waals surface area contributed by atoms with Crippen molar-refractivity contribution >= 4 is 11.6 Å². The van der Waals surface area contributed by atoms with E-state index in [4.69, 9.17) is 5.73 Å². The molecule has 0 heterocycles. The van der Waals surface area contributed by atoms with Crippen LogP contribution in [0.5, 0.6) is 0 Å². The van der Waals surface area contributed by atoms with Crippen LogP contribution in [0.15, 0.2) is 18.2 Å². The number of nitrogens with two attached hydrogens (primary N) is 1. The maximum absolute atomic E-state index is 12.8. The van der Waals surface area contributed by atoms with Crippen molar-refractivity contribution in [1.82, 2.24) is 0 Å². The predicted molar refractivity (Wildman–Crippen MR) is 140 cm³/mol. The maximum Gasteiger partial charge on any atom is 0.416 e. The van der Waals surface area contributed by atoms with Gasteiger partial charge in [0, 0.05) is 30.9 Å². The third-order valence-corrected chi connectivity index (χ3v) is 6.64. The summed E-state index contributed by atoms with van der Waals surface area (Å²) in [6.07, 6.45) is 5.32. The average molecular weight is 536 g/mol. The first-order valence-corrected chi connectivity index (χ1v) is 13.2. The van der Waals surface area contributed by atoms with Crippen molar-refractivity contribution in [3.63, 3.8) is 0 Å². The summed E-state index contributed by atoms with van der Waals surface area (Å²) in [6.45, 7) is 11.9. The van der Waals surface area contributed by atoms with Gasteiger partial charge in [0.2, 0.25) is 0 Å². The number of hydrogen-bond donors (Lipinski definition) is 1.